The van der Waals surface area contributed by atoms with Crippen LogP contribution in [-0.4, -0.2) is 42.0 Å². The molecule has 2 heterocycles. The van der Waals surface area contributed by atoms with Gasteiger partial charge in [0.2, 0.25) is 0 Å². The summed E-state index contributed by atoms with van der Waals surface area (Å²) in [5.74, 6) is 6.50. The van der Waals surface area contributed by atoms with Gasteiger partial charge in [-0.1, -0.05) is 30.2 Å². The largest absolute Gasteiger partial charge is 0.353 e. The molecule has 4 heteroatoms. The maximum absolute atomic E-state index is 12.1. The van der Waals surface area contributed by atoms with E-state index >= 15 is 0 Å². The molecule has 0 atom stereocenters. The Balaban J connectivity index is 1.58. The van der Waals surface area contributed by atoms with Crippen LogP contribution in [0.4, 0.5) is 5.82 Å². The first kappa shape index (κ1) is 14.2. The summed E-state index contributed by atoms with van der Waals surface area (Å²) >= 11 is 0. The van der Waals surface area contributed by atoms with Crippen molar-refractivity contribution >= 4 is 11.7 Å². The fraction of sp³-hybridized carbons (Fsp3) is 0.222. The number of benzene rings is 1. The SMILES string of the molecule is O=C(C#Cc1ccccc1)N1CCN(c2ccccn2)CC1. The van der Waals surface area contributed by atoms with Crippen molar-refractivity contribution in [2.45, 2.75) is 0 Å². The van der Waals surface area contributed by atoms with E-state index in [2.05, 4.69) is 21.7 Å². The van der Waals surface area contributed by atoms with Crippen molar-refractivity contribution in [2.24, 2.45) is 0 Å². The molecule has 1 aromatic heterocycles. The molecule has 2 aromatic rings. The summed E-state index contributed by atoms with van der Waals surface area (Å²) in [5.41, 5.74) is 0.864. The smallest absolute Gasteiger partial charge is 0.298 e. The Morgan fingerprint density at radius 2 is 1.68 bits per heavy atom. The number of hydrogen-bond acceptors (Lipinski definition) is 3. The molecular formula is C18H17N3O. The van der Waals surface area contributed by atoms with Gasteiger partial charge in [-0.05, 0) is 24.3 Å². The van der Waals surface area contributed by atoms with Gasteiger partial charge in [0.25, 0.3) is 5.91 Å². The molecule has 1 amide bonds. The highest BCUT2D eigenvalue weighted by Gasteiger charge is 2.20. The van der Waals surface area contributed by atoms with Gasteiger partial charge >= 0.3 is 0 Å². The van der Waals surface area contributed by atoms with Crippen LogP contribution >= 0.6 is 0 Å². The van der Waals surface area contributed by atoms with Crippen LogP contribution in [0.5, 0.6) is 0 Å². The summed E-state index contributed by atoms with van der Waals surface area (Å²) in [7, 11) is 0. The quantitative estimate of drug-likeness (QED) is 0.752. The average Bonchev–Trinajstić information content (AvgIpc) is 2.61. The normalized spacial score (nSPS) is 14.2. The maximum Gasteiger partial charge on any atom is 0.298 e. The first-order valence-electron chi connectivity index (χ1n) is 7.35. The van der Waals surface area contributed by atoms with Crippen molar-refractivity contribution in [3.63, 3.8) is 0 Å². The summed E-state index contributed by atoms with van der Waals surface area (Å²) in [6.07, 6.45) is 1.79. The van der Waals surface area contributed by atoms with Crippen LogP contribution in [0.1, 0.15) is 5.56 Å². The Bertz CT molecular complexity index is 681. The molecular weight excluding hydrogens is 274 g/mol. The Morgan fingerprint density at radius 1 is 0.955 bits per heavy atom. The van der Waals surface area contributed by atoms with E-state index in [0.717, 1.165) is 24.5 Å². The molecule has 0 aliphatic carbocycles. The van der Waals surface area contributed by atoms with Crippen LogP contribution in [0, 0.1) is 11.8 Å². The van der Waals surface area contributed by atoms with Crippen molar-refractivity contribution in [1.82, 2.24) is 9.88 Å². The van der Waals surface area contributed by atoms with Gasteiger partial charge in [-0.25, -0.2) is 4.98 Å². The molecule has 22 heavy (non-hydrogen) atoms. The van der Waals surface area contributed by atoms with E-state index in [4.69, 9.17) is 0 Å². The van der Waals surface area contributed by atoms with Gasteiger partial charge in [0, 0.05) is 43.9 Å². The molecule has 1 aliphatic heterocycles. The van der Waals surface area contributed by atoms with Crippen LogP contribution in [0.15, 0.2) is 54.7 Å². The molecule has 0 N–H and O–H groups in total. The Hall–Kier alpha value is -2.80. The molecule has 0 radical (unpaired) electrons. The second kappa shape index (κ2) is 6.77. The van der Waals surface area contributed by atoms with Gasteiger partial charge in [0.15, 0.2) is 0 Å². The lowest BCUT2D eigenvalue weighted by Crippen LogP contribution is -2.48. The maximum atomic E-state index is 12.1. The summed E-state index contributed by atoms with van der Waals surface area (Å²) < 4.78 is 0. The topological polar surface area (TPSA) is 36.4 Å². The molecule has 0 saturated carbocycles. The lowest BCUT2D eigenvalue weighted by molar-refractivity contribution is -0.125. The summed E-state index contributed by atoms with van der Waals surface area (Å²) in [4.78, 5) is 20.5. The van der Waals surface area contributed by atoms with E-state index < -0.39 is 0 Å². The lowest BCUT2D eigenvalue weighted by Gasteiger charge is -2.34. The molecule has 4 nitrogen and oxygen atoms in total. The number of piperazine rings is 1. The highest BCUT2D eigenvalue weighted by Crippen LogP contribution is 2.12. The van der Waals surface area contributed by atoms with Crippen molar-refractivity contribution in [3.05, 3.63) is 60.3 Å². The molecule has 0 spiro atoms. The van der Waals surface area contributed by atoms with Gasteiger partial charge in [-0.2, -0.15) is 0 Å². The number of amides is 1. The van der Waals surface area contributed by atoms with E-state index in [0.29, 0.717) is 13.1 Å². The van der Waals surface area contributed by atoms with Crippen LogP contribution < -0.4 is 4.90 Å². The van der Waals surface area contributed by atoms with Gasteiger partial charge in [-0.3, -0.25) is 4.79 Å². The zero-order valence-corrected chi connectivity index (χ0v) is 12.3. The number of hydrogen-bond donors (Lipinski definition) is 0. The molecule has 1 aliphatic rings. The number of nitrogens with zero attached hydrogens (tertiary/aromatic N) is 3. The molecule has 1 aromatic carbocycles. The second-order valence-corrected chi connectivity index (χ2v) is 5.08. The van der Waals surface area contributed by atoms with Crippen molar-refractivity contribution in [1.29, 1.82) is 0 Å². The van der Waals surface area contributed by atoms with E-state index in [1.54, 1.807) is 11.1 Å². The van der Waals surface area contributed by atoms with E-state index in [-0.39, 0.29) is 5.91 Å². The number of carbonyl (C=O) groups is 1. The highest BCUT2D eigenvalue weighted by atomic mass is 16.2. The minimum Gasteiger partial charge on any atom is -0.353 e. The minimum atomic E-state index is -0.107. The monoisotopic (exact) mass is 291 g/mol. The molecule has 0 bridgehead atoms. The summed E-state index contributed by atoms with van der Waals surface area (Å²) in [5, 5.41) is 0. The Morgan fingerprint density at radius 3 is 2.36 bits per heavy atom. The minimum absolute atomic E-state index is 0.107. The second-order valence-electron chi connectivity index (χ2n) is 5.08. The predicted octanol–water partition coefficient (Wildman–Crippen LogP) is 1.78. The Labute approximate surface area is 130 Å². The van der Waals surface area contributed by atoms with Gasteiger partial charge in [-0.15, -0.1) is 0 Å². The first-order valence-corrected chi connectivity index (χ1v) is 7.35. The fourth-order valence-electron chi connectivity index (χ4n) is 2.41. The first-order chi connectivity index (χ1) is 10.8. The third-order valence-electron chi connectivity index (χ3n) is 3.63. The lowest BCUT2D eigenvalue weighted by atomic mass is 10.2. The zero-order chi connectivity index (χ0) is 15.2. The van der Waals surface area contributed by atoms with Gasteiger partial charge in [0.05, 0.1) is 0 Å². The Kier molecular flexibility index (Phi) is 4.35. The molecule has 110 valence electrons. The van der Waals surface area contributed by atoms with Crippen LogP contribution in [0.3, 0.4) is 0 Å². The molecule has 3 rings (SSSR count). The standard InChI is InChI=1S/C18H17N3O/c22-18(10-9-16-6-2-1-3-7-16)21-14-12-20(13-15-21)17-8-4-5-11-19-17/h1-8,11H,12-15H2. The molecule has 1 saturated heterocycles. The van der Waals surface area contributed by atoms with Gasteiger partial charge < -0.3 is 9.80 Å². The number of pyridine rings is 1. The number of anilines is 1. The van der Waals surface area contributed by atoms with E-state index in [1.165, 1.54) is 0 Å². The van der Waals surface area contributed by atoms with Crippen LogP contribution in [0.25, 0.3) is 0 Å². The fourth-order valence-corrected chi connectivity index (χ4v) is 2.41. The number of rotatable bonds is 1. The third kappa shape index (κ3) is 3.44. The molecule has 1 fully saturated rings. The highest BCUT2D eigenvalue weighted by molar-refractivity contribution is 5.94. The number of carbonyl (C=O) groups excluding carboxylic acids is 1. The van der Waals surface area contributed by atoms with Crippen molar-refractivity contribution < 1.29 is 4.79 Å². The zero-order valence-electron chi connectivity index (χ0n) is 12.3. The molecule has 0 unspecified atom stereocenters. The van der Waals surface area contributed by atoms with E-state index in [9.17, 15) is 4.79 Å². The van der Waals surface area contributed by atoms with Gasteiger partial charge in [0.1, 0.15) is 5.82 Å². The summed E-state index contributed by atoms with van der Waals surface area (Å²) in [6.45, 7) is 2.93. The van der Waals surface area contributed by atoms with Crippen molar-refractivity contribution in [2.75, 3.05) is 31.1 Å². The van der Waals surface area contributed by atoms with E-state index in [1.807, 2.05) is 48.5 Å². The van der Waals surface area contributed by atoms with Crippen molar-refractivity contribution in [3.8, 4) is 11.8 Å². The average molecular weight is 291 g/mol. The van der Waals surface area contributed by atoms with Crippen LogP contribution in [-0.2, 0) is 4.79 Å². The summed E-state index contributed by atoms with van der Waals surface area (Å²) in [6, 6.07) is 15.4. The third-order valence-corrected chi connectivity index (χ3v) is 3.63. The predicted molar refractivity (Wildman–Crippen MR) is 86.4 cm³/mol. The van der Waals surface area contributed by atoms with Crippen LogP contribution in [0.2, 0.25) is 0 Å². The number of aromatic nitrogens is 1.